The van der Waals surface area contributed by atoms with Gasteiger partial charge in [0.15, 0.2) is 0 Å². The SMILES string of the molecule is CC1CCN(c2cc3nc(N/C(=C/N)C(Cl)=NCC(O)CC(C)(C)O)ncc3cc2Cl)CC1. The molecule has 0 radical (unpaired) electrons. The summed E-state index contributed by atoms with van der Waals surface area (Å²) in [4.78, 5) is 15.4. The Balaban J connectivity index is 1.76. The molecule has 0 saturated carbocycles. The van der Waals surface area contributed by atoms with Crippen LogP contribution < -0.4 is 16.0 Å². The maximum Gasteiger partial charge on any atom is 0.227 e. The number of anilines is 2. The minimum absolute atomic E-state index is 0.0245. The molecule has 2 aromatic rings. The van der Waals surface area contributed by atoms with Crippen LogP contribution in [-0.4, -0.2) is 56.7 Å². The van der Waals surface area contributed by atoms with E-state index in [9.17, 15) is 10.2 Å². The van der Waals surface area contributed by atoms with Crippen LogP contribution in [0.5, 0.6) is 0 Å². The van der Waals surface area contributed by atoms with Crippen molar-refractivity contribution in [1.82, 2.24) is 9.97 Å². The maximum atomic E-state index is 10.0. The molecule has 8 nitrogen and oxygen atoms in total. The van der Waals surface area contributed by atoms with Gasteiger partial charge in [-0.1, -0.05) is 30.1 Å². The van der Waals surface area contributed by atoms with Crippen LogP contribution in [-0.2, 0) is 0 Å². The van der Waals surface area contributed by atoms with Gasteiger partial charge in [-0.05, 0) is 44.7 Å². The molecule has 0 aliphatic carbocycles. The van der Waals surface area contributed by atoms with E-state index in [2.05, 4.69) is 32.1 Å². The third-order valence-corrected chi connectivity index (χ3v) is 6.21. The average Bonchev–Trinajstić information content (AvgIpc) is 2.75. The zero-order valence-electron chi connectivity index (χ0n) is 19.2. The number of rotatable bonds is 8. The maximum absolute atomic E-state index is 10.0. The first kappa shape index (κ1) is 25.5. The van der Waals surface area contributed by atoms with Gasteiger partial charge in [-0.25, -0.2) is 9.97 Å². The lowest BCUT2D eigenvalue weighted by atomic mass is 9.98. The van der Waals surface area contributed by atoms with Crippen molar-refractivity contribution < 1.29 is 10.2 Å². The lowest BCUT2D eigenvalue weighted by Gasteiger charge is -2.32. The number of aliphatic hydroxyl groups excluding tert-OH is 1. The highest BCUT2D eigenvalue weighted by Gasteiger charge is 2.20. The molecule has 33 heavy (non-hydrogen) atoms. The summed E-state index contributed by atoms with van der Waals surface area (Å²) >= 11 is 12.8. The lowest BCUT2D eigenvalue weighted by molar-refractivity contribution is 0.0218. The number of benzene rings is 1. The molecule has 1 aliphatic heterocycles. The normalized spacial score (nSPS) is 17.5. The van der Waals surface area contributed by atoms with E-state index in [1.807, 2.05) is 12.1 Å². The van der Waals surface area contributed by atoms with Crippen molar-refractivity contribution >= 4 is 50.9 Å². The van der Waals surface area contributed by atoms with E-state index in [0.717, 1.165) is 48.4 Å². The molecule has 0 spiro atoms. The van der Waals surface area contributed by atoms with Crippen molar-refractivity contribution in [3.8, 4) is 0 Å². The molecule has 3 rings (SSSR count). The Labute approximate surface area is 204 Å². The largest absolute Gasteiger partial charge is 0.403 e. The van der Waals surface area contributed by atoms with Crippen molar-refractivity contribution in [2.24, 2.45) is 16.6 Å². The lowest BCUT2D eigenvalue weighted by Crippen LogP contribution is -2.32. The number of halogens is 2. The summed E-state index contributed by atoms with van der Waals surface area (Å²) in [7, 11) is 0. The summed E-state index contributed by atoms with van der Waals surface area (Å²) < 4.78 is 0. The van der Waals surface area contributed by atoms with E-state index in [4.69, 9.17) is 28.9 Å². The van der Waals surface area contributed by atoms with Gasteiger partial charge in [-0.3, -0.25) is 4.99 Å². The van der Waals surface area contributed by atoms with Crippen molar-refractivity contribution in [1.29, 1.82) is 0 Å². The number of nitrogens with zero attached hydrogens (tertiary/aromatic N) is 4. The highest BCUT2D eigenvalue weighted by atomic mass is 35.5. The van der Waals surface area contributed by atoms with Gasteiger partial charge in [0.25, 0.3) is 0 Å². The number of allylic oxidation sites excluding steroid dienone is 1. The van der Waals surface area contributed by atoms with E-state index in [0.29, 0.717) is 16.7 Å². The molecule has 1 fully saturated rings. The summed E-state index contributed by atoms with van der Waals surface area (Å²) in [5.74, 6) is 1.04. The molecule has 1 atom stereocenters. The molecule has 1 aromatic heterocycles. The number of aliphatic imine (C=N–C) groups is 1. The summed E-state index contributed by atoms with van der Waals surface area (Å²) in [6.07, 6.45) is 4.56. The number of nitrogens with two attached hydrogens (primary N) is 1. The van der Waals surface area contributed by atoms with Gasteiger partial charge in [-0.15, -0.1) is 0 Å². The molecular weight excluding hydrogens is 463 g/mol. The smallest absolute Gasteiger partial charge is 0.227 e. The van der Waals surface area contributed by atoms with E-state index >= 15 is 0 Å². The topological polar surface area (TPSA) is 120 Å². The van der Waals surface area contributed by atoms with Crippen molar-refractivity contribution in [3.05, 3.63) is 35.2 Å². The number of nitrogens with one attached hydrogen (secondary N) is 1. The standard InChI is InChI=1S/C23H32Cl2N6O2/c1-14-4-6-31(7-5-14)20-9-18-15(8-17(20)24)12-28-22(29-18)30-19(11-26)21(25)27-13-16(32)10-23(2,3)33/h8-9,11-12,14,16,32-33H,4-7,10,13,26H2,1-3H3,(H,28,29,30)/b19-11+,27-21?. The monoisotopic (exact) mass is 494 g/mol. The van der Waals surface area contributed by atoms with E-state index < -0.39 is 11.7 Å². The van der Waals surface area contributed by atoms with Gasteiger partial charge in [0.1, 0.15) is 5.17 Å². The number of hydrogen-bond donors (Lipinski definition) is 4. The van der Waals surface area contributed by atoms with Crippen LogP contribution in [0.3, 0.4) is 0 Å². The molecule has 1 aliphatic rings. The van der Waals surface area contributed by atoms with Crippen LogP contribution in [0.2, 0.25) is 5.02 Å². The summed E-state index contributed by atoms with van der Waals surface area (Å²) in [5.41, 5.74) is 6.75. The van der Waals surface area contributed by atoms with Crippen LogP contribution in [0, 0.1) is 5.92 Å². The van der Waals surface area contributed by atoms with Crippen molar-refractivity contribution in [3.63, 3.8) is 0 Å². The zero-order chi connectivity index (χ0) is 24.2. The highest BCUT2D eigenvalue weighted by Crippen LogP contribution is 2.33. The minimum atomic E-state index is -1.00. The Morgan fingerprint density at radius 1 is 1.39 bits per heavy atom. The van der Waals surface area contributed by atoms with Crippen LogP contribution in [0.15, 0.2) is 35.2 Å². The van der Waals surface area contributed by atoms with E-state index in [1.54, 1.807) is 20.0 Å². The quantitative estimate of drug-likeness (QED) is 0.410. The van der Waals surface area contributed by atoms with Gasteiger partial charge in [0.2, 0.25) is 5.95 Å². The molecule has 0 amide bonds. The molecule has 5 N–H and O–H groups in total. The third kappa shape index (κ3) is 7.17. The van der Waals surface area contributed by atoms with Crippen molar-refractivity contribution in [2.45, 2.75) is 51.7 Å². The molecule has 10 heteroatoms. The number of aliphatic hydroxyl groups is 2. The molecular formula is C23H32Cl2N6O2. The van der Waals surface area contributed by atoms with E-state index in [-0.39, 0.29) is 18.1 Å². The molecule has 1 unspecified atom stereocenters. The molecule has 1 saturated heterocycles. The third-order valence-electron chi connectivity index (χ3n) is 5.58. The molecule has 2 heterocycles. The minimum Gasteiger partial charge on any atom is -0.403 e. The van der Waals surface area contributed by atoms with Crippen LogP contribution in [0.1, 0.15) is 40.0 Å². The van der Waals surface area contributed by atoms with Crippen LogP contribution >= 0.6 is 23.2 Å². The summed E-state index contributed by atoms with van der Waals surface area (Å²) in [5, 5.41) is 24.4. The Kier molecular flexibility index (Phi) is 8.39. The number of hydrogen-bond acceptors (Lipinski definition) is 8. The summed E-state index contributed by atoms with van der Waals surface area (Å²) in [6, 6.07) is 3.86. The second kappa shape index (κ2) is 10.9. The fraction of sp³-hybridized carbons (Fsp3) is 0.522. The van der Waals surface area contributed by atoms with Gasteiger partial charge in [-0.2, -0.15) is 0 Å². The summed E-state index contributed by atoms with van der Waals surface area (Å²) in [6.45, 7) is 7.47. The number of fused-ring (bicyclic) bond motifs is 1. The Hall–Kier alpha value is -2.13. The van der Waals surface area contributed by atoms with E-state index in [1.165, 1.54) is 6.20 Å². The fourth-order valence-corrected chi connectivity index (χ4v) is 4.26. The molecule has 180 valence electrons. The van der Waals surface area contributed by atoms with Gasteiger partial charge >= 0.3 is 0 Å². The van der Waals surface area contributed by atoms with Crippen LogP contribution in [0.25, 0.3) is 10.9 Å². The van der Waals surface area contributed by atoms with Gasteiger partial charge < -0.3 is 26.2 Å². The zero-order valence-corrected chi connectivity index (χ0v) is 20.7. The predicted octanol–water partition coefficient (Wildman–Crippen LogP) is 3.89. The van der Waals surface area contributed by atoms with Gasteiger partial charge in [0, 0.05) is 37.3 Å². The number of piperidine rings is 1. The average molecular weight is 495 g/mol. The Morgan fingerprint density at radius 2 is 2.09 bits per heavy atom. The van der Waals surface area contributed by atoms with Crippen LogP contribution in [0.4, 0.5) is 11.6 Å². The first-order chi connectivity index (χ1) is 15.6. The molecule has 0 bridgehead atoms. The Morgan fingerprint density at radius 3 is 2.73 bits per heavy atom. The first-order valence-electron chi connectivity index (χ1n) is 11.1. The second-order valence-corrected chi connectivity index (χ2v) is 10.00. The van der Waals surface area contributed by atoms with Gasteiger partial charge in [0.05, 0.1) is 40.2 Å². The Bertz CT molecular complexity index is 1030. The van der Waals surface area contributed by atoms with Crippen molar-refractivity contribution in [2.75, 3.05) is 29.9 Å². The second-order valence-electron chi connectivity index (χ2n) is 9.23. The molecule has 1 aromatic carbocycles. The fourth-order valence-electron chi connectivity index (χ4n) is 3.79. The first-order valence-corrected chi connectivity index (χ1v) is 11.8. The highest BCUT2D eigenvalue weighted by molar-refractivity contribution is 6.69. The predicted molar refractivity (Wildman–Crippen MR) is 136 cm³/mol. The number of aromatic nitrogens is 2.